The number of aromatic nitrogens is 1. The Morgan fingerprint density at radius 2 is 2.00 bits per heavy atom. The zero-order valence-electron chi connectivity index (χ0n) is 15.0. The van der Waals surface area contributed by atoms with E-state index in [9.17, 15) is 9.59 Å². The molecule has 138 valence electrons. The normalized spacial score (nSPS) is 17.3. The summed E-state index contributed by atoms with van der Waals surface area (Å²) >= 11 is 1.64. The number of benzene rings is 2. The molecule has 1 aliphatic rings. The number of aromatic amines is 1. The van der Waals surface area contributed by atoms with Gasteiger partial charge in [0.15, 0.2) is 5.78 Å². The largest absolute Gasteiger partial charge is 0.363 e. The minimum absolute atomic E-state index is 0.0159. The number of hydrogen-bond acceptors (Lipinski definition) is 5. The molecule has 2 heterocycles. The molecule has 0 aliphatic carbocycles. The SMILES string of the molecule is CSc1ccc2[nH]cc(C(=O)[C@H]3CCCN3OC(=O)c3ccccc3)c2c1. The molecule has 3 aromatic rings. The second-order valence-electron chi connectivity index (χ2n) is 6.52. The minimum atomic E-state index is -0.449. The molecule has 0 unspecified atom stereocenters. The van der Waals surface area contributed by atoms with Crippen molar-refractivity contribution in [2.24, 2.45) is 0 Å². The van der Waals surface area contributed by atoms with Crippen LogP contribution in [0.3, 0.4) is 0 Å². The van der Waals surface area contributed by atoms with Crippen LogP contribution in [-0.2, 0) is 4.84 Å². The Hall–Kier alpha value is -2.57. The van der Waals surface area contributed by atoms with E-state index in [1.165, 1.54) is 5.06 Å². The summed E-state index contributed by atoms with van der Waals surface area (Å²) in [5, 5.41) is 2.45. The molecule has 0 radical (unpaired) electrons. The van der Waals surface area contributed by atoms with Gasteiger partial charge in [0.25, 0.3) is 0 Å². The van der Waals surface area contributed by atoms with E-state index >= 15 is 0 Å². The summed E-state index contributed by atoms with van der Waals surface area (Å²) in [6.07, 6.45) is 5.26. The van der Waals surface area contributed by atoms with Crippen molar-refractivity contribution in [1.82, 2.24) is 10.0 Å². The van der Waals surface area contributed by atoms with Crippen molar-refractivity contribution in [1.29, 1.82) is 0 Å². The Morgan fingerprint density at radius 3 is 2.78 bits per heavy atom. The lowest BCUT2D eigenvalue weighted by molar-refractivity contribution is -0.109. The van der Waals surface area contributed by atoms with Crippen molar-refractivity contribution >= 4 is 34.4 Å². The maximum Gasteiger partial charge on any atom is 0.357 e. The Bertz CT molecular complexity index is 984. The predicted molar refractivity (Wildman–Crippen MR) is 106 cm³/mol. The van der Waals surface area contributed by atoms with Crippen LogP contribution in [0.5, 0.6) is 0 Å². The standard InChI is InChI=1S/C21H20N2O3S/c1-27-15-9-10-18-16(12-15)17(13-22-18)20(24)19-8-5-11-23(19)26-21(25)14-6-3-2-4-7-14/h2-4,6-7,9-10,12-13,19,22H,5,8,11H2,1H3/t19-/m1/s1. The van der Waals surface area contributed by atoms with Crippen molar-refractivity contribution in [2.45, 2.75) is 23.8 Å². The first kappa shape index (κ1) is 17.8. The lowest BCUT2D eigenvalue weighted by Gasteiger charge is -2.22. The number of carbonyl (C=O) groups excluding carboxylic acids is 2. The van der Waals surface area contributed by atoms with Gasteiger partial charge in [-0.1, -0.05) is 18.2 Å². The van der Waals surface area contributed by atoms with E-state index in [0.717, 1.165) is 22.2 Å². The van der Waals surface area contributed by atoms with Gasteiger partial charge in [-0.15, -0.1) is 16.8 Å². The molecule has 1 N–H and O–H groups in total. The minimum Gasteiger partial charge on any atom is -0.363 e. The average Bonchev–Trinajstić information content (AvgIpc) is 3.34. The van der Waals surface area contributed by atoms with Crippen molar-refractivity contribution in [2.75, 3.05) is 12.8 Å². The number of H-pyrrole nitrogens is 1. The highest BCUT2D eigenvalue weighted by molar-refractivity contribution is 7.98. The summed E-state index contributed by atoms with van der Waals surface area (Å²) in [6.45, 7) is 0.563. The Morgan fingerprint density at radius 1 is 1.19 bits per heavy atom. The highest BCUT2D eigenvalue weighted by Crippen LogP contribution is 2.28. The second-order valence-corrected chi connectivity index (χ2v) is 7.40. The van der Waals surface area contributed by atoms with Crippen LogP contribution in [0.2, 0.25) is 0 Å². The number of Topliss-reactive ketones (excluding diaryl/α,β-unsaturated/α-hetero) is 1. The number of hydroxylamine groups is 2. The van der Waals surface area contributed by atoms with Crippen LogP contribution in [0, 0.1) is 0 Å². The molecule has 0 amide bonds. The molecule has 6 heteroatoms. The molecule has 1 aromatic heterocycles. The fourth-order valence-electron chi connectivity index (χ4n) is 3.45. The van der Waals surface area contributed by atoms with Gasteiger partial charge in [-0.25, -0.2) is 4.79 Å². The number of fused-ring (bicyclic) bond motifs is 1. The Balaban J connectivity index is 1.57. The van der Waals surface area contributed by atoms with Gasteiger partial charge in [-0.3, -0.25) is 4.79 Å². The second kappa shape index (κ2) is 7.58. The Kier molecular flexibility index (Phi) is 5.01. The van der Waals surface area contributed by atoms with Gasteiger partial charge in [0.2, 0.25) is 0 Å². The van der Waals surface area contributed by atoms with Crippen molar-refractivity contribution in [3.63, 3.8) is 0 Å². The van der Waals surface area contributed by atoms with E-state index < -0.39 is 12.0 Å². The summed E-state index contributed by atoms with van der Waals surface area (Å²) in [6, 6.07) is 14.4. The number of carbonyl (C=O) groups is 2. The van der Waals surface area contributed by atoms with Crippen molar-refractivity contribution in [3.05, 3.63) is 65.9 Å². The maximum atomic E-state index is 13.2. The molecular weight excluding hydrogens is 360 g/mol. The van der Waals surface area contributed by atoms with Crippen LogP contribution in [0.15, 0.2) is 59.6 Å². The third kappa shape index (κ3) is 3.50. The molecule has 1 fully saturated rings. The van der Waals surface area contributed by atoms with Gasteiger partial charge < -0.3 is 9.82 Å². The number of nitrogens with zero attached hydrogens (tertiary/aromatic N) is 1. The van der Waals surface area contributed by atoms with E-state index in [-0.39, 0.29) is 5.78 Å². The smallest absolute Gasteiger partial charge is 0.357 e. The molecule has 0 bridgehead atoms. The first-order valence-corrected chi connectivity index (χ1v) is 10.1. The van der Waals surface area contributed by atoms with Gasteiger partial charge >= 0.3 is 5.97 Å². The van der Waals surface area contributed by atoms with Crippen LogP contribution in [0.25, 0.3) is 10.9 Å². The third-order valence-corrected chi connectivity index (χ3v) is 5.60. The maximum absolute atomic E-state index is 13.2. The molecule has 2 aromatic carbocycles. The van der Waals surface area contributed by atoms with Gasteiger partial charge in [0.1, 0.15) is 6.04 Å². The van der Waals surface area contributed by atoms with Crippen LogP contribution in [0.1, 0.15) is 33.6 Å². The van der Waals surface area contributed by atoms with Gasteiger partial charge in [-0.05, 0) is 49.4 Å². The summed E-state index contributed by atoms with van der Waals surface area (Å²) in [4.78, 5) is 35.4. The molecule has 0 saturated carbocycles. The van der Waals surface area contributed by atoms with Gasteiger partial charge in [-0.2, -0.15) is 0 Å². The van der Waals surface area contributed by atoms with Gasteiger partial charge in [0, 0.05) is 34.1 Å². The summed E-state index contributed by atoms with van der Waals surface area (Å²) in [5.41, 5.74) is 2.06. The molecule has 1 atom stereocenters. The van der Waals surface area contributed by atoms with E-state index in [0.29, 0.717) is 24.1 Å². The van der Waals surface area contributed by atoms with Crippen LogP contribution < -0.4 is 0 Å². The van der Waals surface area contributed by atoms with E-state index in [1.807, 2.05) is 30.5 Å². The summed E-state index contributed by atoms with van der Waals surface area (Å²) in [5.74, 6) is -0.447. The predicted octanol–water partition coefficient (Wildman–Crippen LogP) is 4.31. The highest BCUT2D eigenvalue weighted by atomic mass is 32.2. The van der Waals surface area contributed by atoms with Crippen LogP contribution in [0.4, 0.5) is 0 Å². The summed E-state index contributed by atoms with van der Waals surface area (Å²) < 4.78 is 0. The number of hydrogen-bond donors (Lipinski definition) is 1. The molecule has 5 nitrogen and oxygen atoms in total. The Labute approximate surface area is 161 Å². The van der Waals surface area contributed by atoms with Crippen molar-refractivity contribution in [3.8, 4) is 0 Å². The van der Waals surface area contributed by atoms with E-state index in [2.05, 4.69) is 4.98 Å². The molecule has 1 saturated heterocycles. The molecular formula is C21H20N2O3S. The zero-order chi connectivity index (χ0) is 18.8. The van der Waals surface area contributed by atoms with Crippen LogP contribution >= 0.6 is 11.8 Å². The first-order chi connectivity index (χ1) is 13.2. The molecule has 0 spiro atoms. The van der Waals surface area contributed by atoms with Crippen molar-refractivity contribution < 1.29 is 14.4 Å². The average molecular weight is 380 g/mol. The third-order valence-electron chi connectivity index (χ3n) is 4.87. The number of nitrogens with one attached hydrogen (secondary N) is 1. The molecule has 1 aliphatic heterocycles. The number of rotatable bonds is 5. The van der Waals surface area contributed by atoms with E-state index in [1.54, 1.807) is 42.2 Å². The zero-order valence-corrected chi connectivity index (χ0v) is 15.8. The molecule has 27 heavy (non-hydrogen) atoms. The van der Waals surface area contributed by atoms with E-state index in [4.69, 9.17) is 4.84 Å². The number of thioether (sulfide) groups is 1. The quantitative estimate of drug-likeness (QED) is 0.528. The topological polar surface area (TPSA) is 62.4 Å². The van der Waals surface area contributed by atoms with Gasteiger partial charge in [0.05, 0.1) is 5.56 Å². The fraction of sp³-hybridized carbons (Fsp3) is 0.238. The number of ketones is 1. The highest BCUT2D eigenvalue weighted by Gasteiger charge is 2.35. The monoisotopic (exact) mass is 380 g/mol. The lowest BCUT2D eigenvalue weighted by Crippen LogP contribution is -2.37. The first-order valence-electron chi connectivity index (χ1n) is 8.90. The van der Waals surface area contributed by atoms with Crippen LogP contribution in [-0.4, -0.2) is 40.6 Å². The summed E-state index contributed by atoms with van der Waals surface area (Å²) in [7, 11) is 0. The molecule has 4 rings (SSSR count). The lowest BCUT2D eigenvalue weighted by atomic mass is 10.0. The fourth-order valence-corrected chi connectivity index (χ4v) is 3.89.